The molecule has 0 aromatic heterocycles. The summed E-state index contributed by atoms with van der Waals surface area (Å²) in [7, 11) is -0.306. The fraction of sp³-hybridized carbons (Fsp3) is 0.143. The first-order valence-electron chi connectivity index (χ1n) is 6.04. The van der Waals surface area contributed by atoms with Gasteiger partial charge in [-0.3, -0.25) is 0 Å². The topological polar surface area (TPSA) is 49.7 Å². The van der Waals surface area contributed by atoms with Gasteiger partial charge in [-0.1, -0.05) is 24.3 Å². The molecule has 0 saturated carbocycles. The Balaban J connectivity index is 2.38. The van der Waals surface area contributed by atoms with Crippen molar-refractivity contribution in [1.29, 1.82) is 0 Å². The molecule has 0 saturated heterocycles. The summed E-state index contributed by atoms with van der Waals surface area (Å²) in [4.78, 5) is 0. The average Bonchev–Trinajstić information content (AvgIpc) is 2.45. The number of benzene rings is 2. The molecule has 2 rings (SSSR count). The third kappa shape index (κ3) is 3.37. The first-order valence-corrected chi connectivity index (χ1v) is 6.04. The van der Waals surface area contributed by atoms with Crippen molar-refractivity contribution in [3.05, 3.63) is 48.0 Å². The van der Waals surface area contributed by atoms with Crippen LogP contribution in [0.2, 0.25) is 0 Å². The minimum Gasteiger partial charge on any atom is -0.497 e. The van der Waals surface area contributed by atoms with Crippen LogP contribution < -0.4 is 10.2 Å². The SMILES string of the molecule is COc1cc(-c2ccc(C(F)(F)F)cc2)ccc1B(O)O. The van der Waals surface area contributed by atoms with Gasteiger partial charge in [0.05, 0.1) is 12.7 Å². The lowest BCUT2D eigenvalue weighted by Gasteiger charge is -2.11. The lowest BCUT2D eigenvalue weighted by atomic mass is 9.79. The lowest BCUT2D eigenvalue weighted by Crippen LogP contribution is -2.31. The highest BCUT2D eigenvalue weighted by Crippen LogP contribution is 2.31. The standard InChI is InChI=1S/C14H12BF3O3/c1-21-13-8-10(4-7-12(13)15(19)20)9-2-5-11(6-3-9)14(16,17)18/h2-8,19-20H,1H3. The molecule has 0 radical (unpaired) electrons. The first kappa shape index (κ1) is 15.4. The van der Waals surface area contributed by atoms with E-state index in [1.54, 1.807) is 6.07 Å². The van der Waals surface area contributed by atoms with E-state index in [2.05, 4.69) is 0 Å². The van der Waals surface area contributed by atoms with Gasteiger partial charge in [-0.25, -0.2) is 0 Å². The van der Waals surface area contributed by atoms with E-state index in [1.807, 2.05) is 0 Å². The van der Waals surface area contributed by atoms with Gasteiger partial charge in [0.2, 0.25) is 0 Å². The van der Waals surface area contributed by atoms with Crippen molar-refractivity contribution in [2.24, 2.45) is 0 Å². The predicted molar refractivity (Wildman–Crippen MR) is 73.3 cm³/mol. The zero-order valence-corrected chi connectivity index (χ0v) is 11.1. The summed E-state index contributed by atoms with van der Waals surface area (Å²) >= 11 is 0. The fourth-order valence-electron chi connectivity index (χ4n) is 1.96. The highest BCUT2D eigenvalue weighted by Gasteiger charge is 2.30. The van der Waals surface area contributed by atoms with E-state index in [-0.39, 0.29) is 11.2 Å². The Bertz CT molecular complexity index is 624. The second kappa shape index (κ2) is 5.79. The van der Waals surface area contributed by atoms with Gasteiger partial charge in [0.25, 0.3) is 0 Å². The van der Waals surface area contributed by atoms with Crippen LogP contribution in [0.1, 0.15) is 5.56 Å². The minimum absolute atomic E-state index is 0.188. The number of rotatable bonds is 3. The molecule has 110 valence electrons. The van der Waals surface area contributed by atoms with Crippen LogP contribution in [0.4, 0.5) is 13.2 Å². The third-order valence-corrected chi connectivity index (χ3v) is 3.06. The summed E-state index contributed by atoms with van der Waals surface area (Å²) in [5.41, 5.74) is 0.652. The second-order valence-corrected chi connectivity index (χ2v) is 4.41. The highest BCUT2D eigenvalue weighted by atomic mass is 19.4. The number of ether oxygens (including phenoxy) is 1. The fourth-order valence-corrected chi connectivity index (χ4v) is 1.96. The molecule has 0 aliphatic heterocycles. The van der Waals surface area contributed by atoms with Crippen molar-refractivity contribution in [3.63, 3.8) is 0 Å². The quantitative estimate of drug-likeness (QED) is 0.852. The molecule has 0 atom stereocenters. The van der Waals surface area contributed by atoms with E-state index >= 15 is 0 Å². The third-order valence-electron chi connectivity index (χ3n) is 3.06. The van der Waals surface area contributed by atoms with Crippen molar-refractivity contribution >= 4 is 12.6 Å². The van der Waals surface area contributed by atoms with Gasteiger partial charge in [0.1, 0.15) is 5.75 Å². The molecule has 0 bridgehead atoms. The molecule has 0 heterocycles. The van der Waals surface area contributed by atoms with Gasteiger partial charge in [0.15, 0.2) is 0 Å². The smallest absolute Gasteiger partial charge is 0.492 e. The van der Waals surface area contributed by atoms with Crippen LogP contribution in [-0.4, -0.2) is 24.3 Å². The molecular formula is C14H12BF3O3. The van der Waals surface area contributed by atoms with Crippen LogP contribution in [0.25, 0.3) is 11.1 Å². The van der Waals surface area contributed by atoms with Crippen LogP contribution in [-0.2, 0) is 6.18 Å². The number of halogens is 3. The summed E-state index contributed by atoms with van der Waals surface area (Å²) in [6.45, 7) is 0. The van der Waals surface area contributed by atoms with E-state index < -0.39 is 18.9 Å². The van der Waals surface area contributed by atoms with E-state index in [4.69, 9.17) is 4.74 Å². The Kier molecular flexibility index (Phi) is 4.25. The lowest BCUT2D eigenvalue weighted by molar-refractivity contribution is -0.137. The molecule has 7 heteroatoms. The molecule has 2 aromatic rings. The number of methoxy groups -OCH3 is 1. The van der Waals surface area contributed by atoms with Gasteiger partial charge in [-0.05, 0) is 29.3 Å². The molecule has 21 heavy (non-hydrogen) atoms. The minimum atomic E-state index is -4.37. The van der Waals surface area contributed by atoms with E-state index in [1.165, 1.54) is 31.4 Å². The molecule has 0 amide bonds. The Morgan fingerprint density at radius 2 is 1.52 bits per heavy atom. The van der Waals surface area contributed by atoms with Gasteiger partial charge < -0.3 is 14.8 Å². The normalized spacial score (nSPS) is 11.3. The zero-order chi connectivity index (χ0) is 15.6. The molecule has 0 spiro atoms. The van der Waals surface area contributed by atoms with Crippen LogP contribution in [0, 0.1) is 0 Å². The molecule has 0 aliphatic carbocycles. The maximum absolute atomic E-state index is 12.5. The first-order chi connectivity index (χ1) is 9.82. The number of alkyl halides is 3. The summed E-state index contributed by atoms with van der Waals surface area (Å²) in [6.07, 6.45) is -4.37. The molecule has 0 fully saturated rings. The van der Waals surface area contributed by atoms with Crippen LogP contribution >= 0.6 is 0 Å². The van der Waals surface area contributed by atoms with Crippen molar-refractivity contribution in [1.82, 2.24) is 0 Å². The Morgan fingerprint density at radius 1 is 0.952 bits per heavy atom. The Morgan fingerprint density at radius 3 is 2.00 bits per heavy atom. The van der Waals surface area contributed by atoms with Gasteiger partial charge in [0, 0.05) is 5.46 Å². The Hall–Kier alpha value is -1.99. The molecule has 0 aliphatic rings. The van der Waals surface area contributed by atoms with Crippen LogP contribution in [0.3, 0.4) is 0 Å². The summed E-state index contributed by atoms with van der Waals surface area (Å²) in [5.74, 6) is 0.252. The maximum atomic E-state index is 12.5. The van der Waals surface area contributed by atoms with Gasteiger partial charge in [-0.2, -0.15) is 13.2 Å². The van der Waals surface area contributed by atoms with Crippen molar-refractivity contribution in [3.8, 4) is 16.9 Å². The molecule has 0 unspecified atom stereocenters. The number of hydrogen-bond acceptors (Lipinski definition) is 3. The van der Waals surface area contributed by atoms with Gasteiger partial charge in [-0.15, -0.1) is 0 Å². The predicted octanol–water partition coefficient (Wildman–Crippen LogP) is 2.06. The van der Waals surface area contributed by atoms with Crippen LogP contribution in [0.15, 0.2) is 42.5 Å². The van der Waals surface area contributed by atoms with E-state index in [0.717, 1.165) is 12.1 Å². The van der Waals surface area contributed by atoms with Crippen molar-refractivity contribution < 1.29 is 28.0 Å². The molecule has 2 N–H and O–H groups in total. The van der Waals surface area contributed by atoms with E-state index in [9.17, 15) is 23.2 Å². The summed E-state index contributed by atoms with van der Waals surface area (Å²) in [6, 6.07) is 9.28. The van der Waals surface area contributed by atoms with E-state index in [0.29, 0.717) is 11.1 Å². The highest BCUT2D eigenvalue weighted by molar-refractivity contribution is 6.59. The molecular weight excluding hydrogens is 284 g/mol. The molecule has 2 aromatic carbocycles. The van der Waals surface area contributed by atoms with Gasteiger partial charge >= 0.3 is 13.3 Å². The number of hydrogen-bond donors (Lipinski definition) is 2. The zero-order valence-electron chi connectivity index (χ0n) is 11.1. The second-order valence-electron chi connectivity index (χ2n) is 4.41. The monoisotopic (exact) mass is 296 g/mol. The Labute approximate surface area is 119 Å². The van der Waals surface area contributed by atoms with Crippen molar-refractivity contribution in [2.45, 2.75) is 6.18 Å². The summed E-state index contributed by atoms with van der Waals surface area (Å²) in [5, 5.41) is 18.3. The largest absolute Gasteiger partial charge is 0.497 e. The van der Waals surface area contributed by atoms with Crippen LogP contribution in [0.5, 0.6) is 5.75 Å². The van der Waals surface area contributed by atoms with Crippen molar-refractivity contribution in [2.75, 3.05) is 7.11 Å². The molecule has 3 nitrogen and oxygen atoms in total. The maximum Gasteiger partial charge on any atom is 0.492 e. The summed E-state index contributed by atoms with van der Waals surface area (Å²) < 4.78 is 42.6. The average molecular weight is 296 g/mol.